The maximum Gasteiger partial charge on any atom is 0.250 e. The van der Waals surface area contributed by atoms with E-state index in [0.29, 0.717) is 5.92 Å². The molecule has 0 bridgehead atoms. The lowest BCUT2D eigenvalue weighted by atomic mass is 9.80. The van der Waals surface area contributed by atoms with Gasteiger partial charge in [0.05, 0.1) is 6.54 Å². The summed E-state index contributed by atoms with van der Waals surface area (Å²) in [6.07, 6.45) is 1.47. The maximum atomic E-state index is 11.7. The van der Waals surface area contributed by atoms with Gasteiger partial charge in [-0.2, -0.15) is 0 Å². The monoisotopic (exact) mass is 163 g/mol. The van der Waals surface area contributed by atoms with E-state index in [-0.39, 0.29) is 12.6 Å². The van der Waals surface area contributed by atoms with Crippen molar-refractivity contribution in [3.05, 3.63) is 0 Å². The van der Waals surface area contributed by atoms with E-state index in [1.807, 2.05) is 6.92 Å². The number of hydrogen-bond acceptors (Lipinski definition) is 1. The molecule has 0 aromatic carbocycles. The van der Waals surface area contributed by atoms with Crippen LogP contribution in [0.25, 0.3) is 0 Å². The maximum absolute atomic E-state index is 11.7. The van der Waals surface area contributed by atoms with E-state index in [4.69, 9.17) is 0 Å². The highest BCUT2D eigenvalue weighted by molar-refractivity contribution is 4.79. The molecule has 1 nitrogen and oxygen atoms in total. The van der Waals surface area contributed by atoms with Crippen LogP contribution < -0.4 is 5.32 Å². The van der Waals surface area contributed by atoms with Gasteiger partial charge in [0.15, 0.2) is 0 Å². The molecule has 1 aliphatic rings. The average molecular weight is 163 g/mol. The van der Waals surface area contributed by atoms with Crippen LogP contribution in [0.15, 0.2) is 0 Å². The van der Waals surface area contributed by atoms with Crippen molar-refractivity contribution in [1.82, 2.24) is 5.32 Å². The Morgan fingerprint density at radius 2 is 2.09 bits per heavy atom. The molecular weight excluding hydrogens is 148 g/mol. The van der Waals surface area contributed by atoms with E-state index in [9.17, 15) is 8.78 Å². The minimum atomic E-state index is -2.21. The Hall–Kier alpha value is -0.180. The van der Waals surface area contributed by atoms with Crippen LogP contribution in [0.1, 0.15) is 26.2 Å². The van der Waals surface area contributed by atoms with Crippen molar-refractivity contribution in [1.29, 1.82) is 0 Å². The van der Waals surface area contributed by atoms with E-state index < -0.39 is 6.43 Å². The zero-order chi connectivity index (χ0) is 8.27. The third kappa shape index (κ3) is 2.73. The molecule has 0 aromatic rings. The van der Waals surface area contributed by atoms with Gasteiger partial charge in [-0.1, -0.05) is 6.42 Å². The minimum absolute atomic E-state index is 0.155. The second-order valence-electron chi connectivity index (χ2n) is 3.28. The fourth-order valence-electron chi connectivity index (χ4n) is 1.38. The highest BCUT2D eigenvalue weighted by atomic mass is 19.3. The van der Waals surface area contributed by atoms with Gasteiger partial charge in [0, 0.05) is 6.04 Å². The van der Waals surface area contributed by atoms with Crippen molar-refractivity contribution in [2.45, 2.75) is 38.7 Å². The third-order valence-corrected chi connectivity index (χ3v) is 2.45. The van der Waals surface area contributed by atoms with Gasteiger partial charge in [-0.15, -0.1) is 0 Å². The highest BCUT2D eigenvalue weighted by Crippen LogP contribution is 2.29. The number of nitrogens with one attached hydrogen (secondary N) is 1. The Morgan fingerprint density at radius 1 is 1.45 bits per heavy atom. The molecule has 0 amide bonds. The van der Waals surface area contributed by atoms with Crippen molar-refractivity contribution < 1.29 is 8.78 Å². The first kappa shape index (κ1) is 8.91. The van der Waals surface area contributed by atoms with Gasteiger partial charge in [0.2, 0.25) is 0 Å². The quantitative estimate of drug-likeness (QED) is 0.668. The lowest BCUT2D eigenvalue weighted by Gasteiger charge is -2.31. The smallest absolute Gasteiger partial charge is 0.250 e. The van der Waals surface area contributed by atoms with Gasteiger partial charge in [0.1, 0.15) is 0 Å². The van der Waals surface area contributed by atoms with Gasteiger partial charge in [0.25, 0.3) is 6.43 Å². The summed E-state index contributed by atoms with van der Waals surface area (Å²) in [5, 5.41) is 2.83. The molecule has 1 saturated carbocycles. The molecule has 0 saturated heterocycles. The molecule has 1 N–H and O–H groups in total. The summed E-state index contributed by atoms with van der Waals surface area (Å²) < 4.78 is 23.4. The predicted octanol–water partition coefficient (Wildman–Crippen LogP) is 2.03. The van der Waals surface area contributed by atoms with Crippen LogP contribution in [-0.2, 0) is 0 Å². The second kappa shape index (κ2) is 4.00. The van der Waals surface area contributed by atoms with Crippen LogP contribution >= 0.6 is 0 Å². The van der Waals surface area contributed by atoms with Crippen molar-refractivity contribution in [3.63, 3.8) is 0 Å². The lowest BCUT2D eigenvalue weighted by Crippen LogP contribution is -2.39. The van der Waals surface area contributed by atoms with E-state index in [1.165, 1.54) is 19.3 Å². The van der Waals surface area contributed by atoms with Crippen molar-refractivity contribution >= 4 is 0 Å². The largest absolute Gasteiger partial charge is 0.309 e. The van der Waals surface area contributed by atoms with Crippen LogP contribution in [-0.4, -0.2) is 19.0 Å². The summed E-state index contributed by atoms with van der Waals surface area (Å²) in [7, 11) is 0. The molecule has 1 aliphatic carbocycles. The van der Waals surface area contributed by atoms with Crippen molar-refractivity contribution in [2.24, 2.45) is 5.92 Å². The number of alkyl halides is 2. The van der Waals surface area contributed by atoms with Crippen molar-refractivity contribution in [3.8, 4) is 0 Å². The van der Waals surface area contributed by atoms with E-state index in [2.05, 4.69) is 5.32 Å². The third-order valence-electron chi connectivity index (χ3n) is 2.45. The predicted molar refractivity (Wildman–Crippen MR) is 40.8 cm³/mol. The summed E-state index contributed by atoms with van der Waals surface area (Å²) in [5.74, 6) is 0.647. The second-order valence-corrected chi connectivity index (χ2v) is 3.28. The van der Waals surface area contributed by atoms with Gasteiger partial charge in [-0.05, 0) is 25.7 Å². The normalized spacial score (nSPS) is 21.8. The van der Waals surface area contributed by atoms with Crippen LogP contribution in [0.2, 0.25) is 0 Å². The first-order chi connectivity index (χ1) is 5.20. The van der Waals surface area contributed by atoms with Crippen molar-refractivity contribution in [2.75, 3.05) is 6.54 Å². The topological polar surface area (TPSA) is 12.0 Å². The molecule has 3 heteroatoms. The lowest BCUT2D eigenvalue weighted by molar-refractivity contribution is 0.130. The summed E-state index contributed by atoms with van der Waals surface area (Å²) in [4.78, 5) is 0. The molecular formula is C8H15F2N. The highest BCUT2D eigenvalue weighted by Gasteiger charge is 2.23. The fraction of sp³-hybridized carbons (Fsp3) is 1.00. The van der Waals surface area contributed by atoms with E-state index in [1.54, 1.807) is 0 Å². The van der Waals surface area contributed by atoms with Gasteiger partial charge in [-0.3, -0.25) is 0 Å². The molecule has 66 valence electrons. The Labute approximate surface area is 66.2 Å². The Balaban J connectivity index is 2.05. The first-order valence-corrected chi connectivity index (χ1v) is 4.21. The Morgan fingerprint density at radius 3 is 2.45 bits per heavy atom. The van der Waals surface area contributed by atoms with Crippen LogP contribution in [0.3, 0.4) is 0 Å². The number of hydrogen-bond donors (Lipinski definition) is 1. The van der Waals surface area contributed by atoms with E-state index >= 15 is 0 Å². The molecule has 0 aromatic heterocycles. The standard InChI is InChI=1S/C8H15F2N/c1-6(7-3-2-4-7)11-5-8(9)10/h6-8,11H,2-5H2,1H3. The molecule has 0 aliphatic heterocycles. The van der Waals surface area contributed by atoms with Gasteiger partial charge in [-0.25, -0.2) is 8.78 Å². The summed E-state index contributed by atoms with van der Waals surface area (Å²) in [5.41, 5.74) is 0. The minimum Gasteiger partial charge on any atom is -0.309 e. The summed E-state index contributed by atoms with van der Waals surface area (Å²) >= 11 is 0. The number of rotatable bonds is 4. The summed E-state index contributed by atoms with van der Waals surface area (Å²) in [6, 6.07) is 0.276. The average Bonchev–Trinajstić information content (AvgIpc) is 1.79. The number of halogens is 2. The van der Waals surface area contributed by atoms with Crippen LogP contribution in [0, 0.1) is 5.92 Å². The Kier molecular flexibility index (Phi) is 3.24. The molecule has 1 fully saturated rings. The van der Waals surface area contributed by atoms with E-state index in [0.717, 1.165) is 0 Å². The first-order valence-electron chi connectivity index (χ1n) is 4.21. The SMILES string of the molecule is CC(NCC(F)F)C1CCC1. The summed E-state index contributed by atoms with van der Waals surface area (Å²) in [6.45, 7) is 1.84. The van der Waals surface area contributed by atoms with Gasteiger partial charge < -0.3 is 5.32 Å². The molecule has 1 unspecified atom stereocenters. The molecule has 1 rings (SSSR count). The van der Waals surface area contributed by atoms with Crippen LogP contribution in [0.4, 0.5) is 8.78 Å². The van der Waals surface area contributed by atoms with Crippen LogP contribution in [0.5, 0.6) is 0 Å². The fourth-order valence-corrected chi connectivity index (χ4v) is 1.38. The molecule has 1 atom stereocenters. The molecule has 0 heterocycles. The molecule has 0 spiro atoms. The zero-order valence-corrected chi connectivity index (χ0v) is 6.82. The molecule has 11 heavy (non-hydrogen) atoms. The van der Waals surface area contributed by atoms with Gasteiger partial charge >= 0.3 is 0 Å². The zero-order valence-electron chi connectivity index (χ0n) is 6.82. The Bertz CT molecular complexity index is 113. The molecule has 0 radical (unpaired) electrons.